The molecule has 0 bridgehead atoms. The van der Waals surface area contributed by atoms with Gasteiger partial charge in [-0.3, -0.25) is 4.90 Å². The summed E-state index contributed by atoms with van der Waals surface area (Å²) in [6.07, 6.45) is 2.63. The first-order valence-corrected chi connectivity index (χ1v) is 7.86. The Hall–Kier alpha value is -2.14. The predicted octanol–water partition coefficient (Wildman–Crippen LogP) is 3.23. The zero-order valence-corrected chi connectivity index (χ0v) is 13.8. The van der Waals surface area contributed by atoms with Crippen LogP contribution in [0.15, 0.2) is 28.8 Å². The first-order chi connectivity index (χ1) is 10.8. The number of aromatic carboxylic acids is 1. The first-order valence-electron chi connectivity index (χ1n) is 7.86. The number of oxazole rings is 1. The average Bonchev–Trinajstić information content (AvgIpc) is 2.95. The summed E-state index contributed by atoms with van der Waals surface area (Å²) in [5.74, 6) is 0.695. The molecule has 0 saturated heterocycles. The van der Waals surface area contributed by atoms with Crippen LogP contribution >= 0.6 is 0 Å². The van der Waals surface area contributed by atoms with E-state index in [1.165, 1.54) is 0 Å². The van der Waals surface area contributed by atoms with E-state index in [0.717, 1.165) is 35.7 Å². The standard InChI is InChI=1S/C18H22N2O3/c1-18(2,3)17-19-9-13(23-17)10-20-8-7-12-5-4-6-14(16(21)22)15(12)11-20/h4-6,9H,7-8,10-11H2,1-3H3,(H,21,22). The molecular weight excluding hydrogens is 292 g/mol. The lowest BCUT2D eigenvalue weighted by molar-refractivity contribution is 0.0693. The Labute approximate surface area is 135 Å². The van der Waals surface area contributed by atoms with Crippen molar-refractivity contribution in [1.29, 1.82) is 0 Å². The smallest absolute Gasteiger partial charge is 0.336 e. The second-order valence-corrected chi connectivity index (χ2v) is 7.09. The van der Waals surface area contributed by atoms with Crippen LogP contribution in [-0.2, 0) is 24.9 Å². The van der Waals surface area contributed by atoms with Crippen molar-refractivity contribution in [2.24, 2.45) is 0 Å². The Morgan fingerprint density at radius 3 is 2.83 bits per heavy atom. The van der Waals surface area contributed by atoms with Crippen LogP contribution < -0.4 is 0 Å². The Kier molecular flexibility index (Phi) is 3.98. The summed E-state index contributed by atoms with van der Waals surface area (Å²) < 4.78 is 5.85. The summed E-state index contributed by atoms with van der Waals surface area (Å²) in [6.45, 7) is 8.37. The summed E-state index contributed by atoms with van der Waals surface area (Å²) in [7, 11) is 0. The molecule has 0 unspecified atom stereocenters. The summed E-state index contributed by atoms with van der Waals surface area (Å²) in [6, 6.07) is 5.52. The number of carboxylic acids is 1. The van der Waals surface area contributed by atoms with Gasteiger partial charge in [-0.2, -0.15) is 0 Å². The molecule has 122 valence electrons. The minimum atomic E-state index is -0.863. The van der Waals surface area contributed by atoms with Gasteiger partial charge in [0, 0.05) is 18.5 Å². The minimum absolute atomic E-state index is 0.108. The third-order valence-electron chi connectivity index (χ3n) is 4.16. The molecule has 0 spiro atoms. The molecule has 0 amide bonds. The van der Waals surface area contributed by atoms with Crippen LogP contribution in [0, 0.1) is 0 Å². The monoisotopic (exact) mass is 314 g/mol. The fourth-order valence-electron chi connectivity index (χ4n) is 2.92. The lowest BCUT2D eigenvalue weighted by Gasteiger charge is -2.28. The van der Waals surface area contributed by atoms with Crippen LogP contribution in [0.2, 0.25) is 0 Å². The SMILES string of the molecule is CC(C)(C)c1ncc(CN2CCc3cccc(C(=O)O)c3C2)o1. The van der Waals surface area contributed by atoms with Crippen molar-refractivity contribution in [3.63, 3.8) is 0 Å². The quantitative estimate of drug-likeness (QED) is 0.942. The van der Waals surface area contributed by atoms with Crippen molar-refractivity contribution in [3.05, 3.63) is 52.7 Å². The van der Waals surface area contributed by atoms with Crippen molar-refractivity contribution in [2.75, 3.05) is 6.54 Å². The summed E-state index contributed by atoms with van der Waals surface area (Å²) in [5, 5.41) is 9.36. The van der Waals surface area contributed by atoms with Crippen LogP contribution in [-0.4, -0.2) is 27.5 Å². The Bertz CT molecular complexity index is 728. The van der Waals surface area contributed by atoms with E-state index in [9.17, 15) is 9.90 Å². The van der Waals surface area contributed by atoms with E-state index in [1.807, 2.05) is 12.1 Å². The summed E-state index contributed by atoms with van der Waals surface area (Å²) in [5.41, 5.74) is 2.35. The van der Waals surface area contributed by atoms with E-state index in [1.54, 1.807) is 12.3 Å². The highest BCUT2D eigenvalue weighted by atomic mass is 16.4. The molecule has 5 nitrogen and oxygen atoms in total. The van der Waals surface area contributed by atoms with Gasteiger partial charge in [-0.1, -0.05) is 32.9 Å². The van der Waals surface area contributed by atoms with E-state index in [4.69, 9.17) is 4.42 Å². The molecule has 0 saturated carbocycles. The molecule has 2 aromatic rings. The molecule has 0 atom stereocenters. The molecule has 1 aliphatic heterocycles. The minimum Gasteiger partial charge on any atom is -0.478 e. The molecule has 2 heterocycles. The van der Waals surface area contributed by atoms with E-state index in [0.29, 0.717) is 18.7 Å². The topological polar surface area (TPSA) is 66.6 Å². The molecule has 0 fully saturated rings. The van der Waals surface area contributed by atoms with Gasteiger partial charge in [0.1, 0.15) is 5.76 Å². The van der Waals surface area contributed by atoms with Gasteiger partial charge in [0.05, 0.1) is 18.3 Å². The van der Waals surface area contributed by atoms with Gasteiger partial charge in [0.25, 0.3) is 0 Å². The number of hydrogen-bond donors (Lipinski definition) is 1. The maximum atomic E-state index is 11.4. The van der Waals surface area contributed by atoms with Crippen molar-refractivity contribution in [1.82, 2.24) is 9.88 Å². The van der Waals surface area contributed by atoms with E-state index >= 15 is 0 Å². The second-order valence-electron chi connectivity index (χ2n) is 7.09. The first kappa shape index (κ1) is 15.7. The average molecular weight is 314 g/mol. The van der Waals surface area contributed by atoms with Gasteiger partial charge < -0.3 is 9.52 Å². The normalized spacial score (nSPS) is 15.4. The van der Waals surface area contributed by atoms with Crippen LogP contribution in [0.1, 0.15) is 53.9 Å². The van der Waals surface area contributed by atoms with Gasteiger partial charge in [0.2, 0.25) is 0 Å². The molecule has 23 heavy (non-hydrogen) atoms. The van der Waals surface area contributed by atoms with Gasteiger partial charge in [-0.05, 0) is 23.6 Å². The summed E-state index contributed by atoms with van der Waals surface area (Å²) >= 11 is 0. The van der Waals surface area contributed by atoms with E-state index in [2.05, 4.69) is 30.7 Å². The van der Waals surface area contributed by atoms with Crippen molar-refractivity contribution >= 4 is 5.97 Å². The number of nitrogens with zero attached hydrogens (tertiary/aromatic N) is 2. The number of benzene rings is 1. The third-order valence-corrected chi connectivity index (χ3v) is 4.16. The Morgan fingerprint density at radius 2 is 2.17 bits per heavy atom. The van der Waals surface area contributed by atoms with Crippen molar-refractivity contribution in [2.45, 2.75) is 45.7 Å². The predicted molar refractivity (Wildman–Crippen MR) is 86.4 cm³/mol. The molecule has 0 radical (unpaired) electrons. The molecule has 3 rings (SSSR count). The largest absolute Gasteiger partial charge is 0.478 e. The van der Waals surface area contributed by atoms with Gasteiger partial charge in [-0.25, -0.2) is 9.78 Å². The zero-order chi connectivity index (χ0) is 16.6. The second kappa shape index (κ2) is 5.81. The molecule has 5 heteroatoms. The maximum Gasteiger partial charge on any atom is 0.336 e. The highest BCUT2D eigenvalue weighted by Gasteiger charge is 2.24. The van der Waals surface area contributed by atoms with Crippen LogP contribution in [0.25, 0.3) is 0 Å². The van der Waals surface area contributed by atoms with Crippen molar-refractivity contribution < 1.29 is 14.3 Å². The highest BCUT2D eigenvalue weighted by molar-refractivity contribution is 5.89. The molecule has 1 aromatic carbocycles. The molecule has 1 N–H and O–H groups in total. The molecule has 0 aliphatic carbocycles. The third kappa shape index (κ3) is 3.29. The number of hydrogen-bond acceptors (Lipinski definition) is 4. The Morgan fingerprint density at radius 1 is 1.39 bits per heavy atom. The van der Waals surface area contributed by atoms with Crippen LogP contribution in [0.3, 0.4) is 0 Å². The number of aromatic nitrogens is 1. The lowest BCUT2D eigenvalue weighted by atomic mass is 9.95. The number of carboxylic acid groups (broad SMARTS) is 1. The fraction of sp³-hybridized carbons (Fsp3) is 0.444. The lowest BCUT2D eigenvalue weighted by Crippen LogP contribution is -2.31. The fourth-order valence-corrected chi connectivity index (χ4v) is 2.92. The van der Waals surface area contributed by atoms with E-state index in [-0.39, 0.29) is 5.41 Å². The number of rotatable bonds is 3. The molecular formula is C18H22N2O3. The maximum absolute atomic E-state index is 11.4. The zero-order valence-electron chi connectivity index (χ0n) is 13.8. The highest BCUT2D eigenvalue weighted by Crippen LogP contribution is 2.26. The molecule has 1 aliphatic rings. The van der Waals surface area contributed by atoms with Gasteiger partial charge in [0.15, 0.2) is 5.89 Å². The van der Waals surface area contributed by atoms with Crippen LogP contribution in [0.4, 0.5) is 0 Å². The van der Waals surface area contributed by atoms with Crippen molar-refractivity contribution in [3.8, 4) is 0 Å². The van der Waals surface area contributed by atoms with Crippen LogP contribution in [0.5, 0.6) is 0 Å². The number of carbonyl (C=O) groups is 1. The Balaban J connectivity index is 1.77. The van der Waals surface area contributed by atoms with Gasteiger partial charge in [-0.15, -0.1) is 0 Å². The van der Waals surface area contributed by atoms with Gasteiger partial charge >= 0.3 is 5.97 Å². The molecule has 1 aromatic heterocycles. The van der Waals surface area contributed by atoms with E-state index < -0.39 is 5.97 Å². The number of fused-ring (bicyclic) bond motifs is 1. The summed E-state index contributed by atoms with van der Waals surface area (Å²) in [4.78, 5) is 18.0.